The molecule has 0 aromatic heterocycles. The van der Waals surface area contributed by atoms with Crippen LogP contribution in [-0.2, 0) is 11.2 Å². The molecule has 1 atom stereocenters. The first-order valence-corrected chi connectivity index (χ1v) is 7.64. The van der Waals surface area contributed by atoms with Crippen molar-refractivity contribution < 1.29 is 9.59 Å². The van der Waals surface area contributed by atoms with Crippen molar-refractivity contribution in [3.05, 3.63) is 35.4 Å². The van der Waals surface area contributed by atoms with Crippen molar-refractivity contribution in [3.8, 4) is 0 Å². The number of hydrogen-bond acceptors (Lipinski definition) is 2. The summed E-state index contributed by atoms with van der Waals surface area (Å²) < 4.78 is 0. The van der Waals surface area contributed by atoms with E-state index in [1.54, 1.807) is 0 Å². The summed E-state index contributed by atoms with van der Waals surface area (Å²) in [5.74, 6) is 0.510. The van der Waals surface area contributed by atoms with Gasteiger partial charge in [-0.3, -0.25) is 9.59 Å². The standard InChI is InChI=1S/C17H21NO2/c1-2-12-5-7-13(8-6-12)16(19)15-4-3-11-18(15)17(20)14-9-10-14/h5-8,14-15H,2-4,9-11H2,1H3. The second-order valence-electron chi connectivity index (χ2n) is 5.88. The molecule has 0 bridgehead atoms. The Morgan fingerprint density at radius 1 is 1.15 bits per heavy atom. The molecule has 0 spiro atoms. The van der Waals surface area contributed by atoms with Gasteiger partial charge >= 0.3 is 0 Å². The molecule has 1 aromatic carbocycles. The van der Waals surface area contributed by atoms with Crippen molar-refractivity contribution in [2.24, 2.45) is 5.92 Å². The van der Waals surface area contributed by atoms with E-state index < -0.39 is 0 Å². The van der Waals surface area contributed by atoms with Crippen LogP contribution in [0.25, 0.3) is 0 Å². The second-order valence-corrected chi connectivity index (χ2v) is 5.88. The molecule has 3 nitrogen and oxygen atoms in total. The number of rotatable bonds is 4. The third kappa shape index (κ3) is 2.49. The zero-order valence-corrected chi connectivity index (χ0v) is 12.0. The lowest BCUT2D eigenvalue weighted by Crippen LogP contribution is -2.41. The number of ketones is 1. The number of carbonyl (C=O) groups is 2. The molecule has 3 rings (SSSR count). The van der Waals surface area contributed by atoms with E-state index in [0.29, 0.717) is 0 Å². The monoisotopic (exact) mass is 271 g/mol. The molecular weight excluding hydrogens is 250 g/mol. The molecule has 1 saturated heterocycles. The van der Waals surface area contributed by atoms with Crippen LogP contribution in [0.15, 0.2) is 24.3 Å². The fourth-order valence-electron chi connectivity index (χ4n) is 2.96. The van der Waals surface area contributed by atoms with Gasteiger partial charge < -0.3 is 4.90 Å². The largest absolute Gasteiger partial charge is 0.332 e. The first-order chi connectivity index (χ1) is 9.70. The number of aryl methyl sites for hydroxylation is 1. The Morgan fingerprint density at radius 2 is 1.85 bits per heavy atom. The lowest BCUT2D eigenvalue weighted by molar-refractivity contribution is -0.132. The SMILES string of the molecule is CCc1ccc(C(=O)C2CCCN2C(=O)C2CC2)cc1. The molecule has 1 unspecified atom stereocenters. The average Bonchev–Trinajstić information content (AvgIpc) is 3.23. The number of hydrogen-bond donors (Lipinski definition) is 0. The Kier molecular flexibility index (Phi) is 3.60. The highest BCUT2D eigenvalue weighted by Crippen LogP contribution is 2.34. The summed E-state index contributed by atoms with van der Waals surface area (Å²) in [6, 6.07) is 7.60. The maximum Gasteiger partial charge on any atom is 0.226 e. The van der Waals surface area contributed by atoms with Gasteiger partial charge in [-0.1, -0.05) is 31.2 Å². The number of benzene rings is 1. The van der Waals surface area contributed by atoms with Crippen molar-refractivity contribution in [2.45, 2.75) is 45.1 Å². The molecular formula is C17H21NO2. The maximum absolute atomic E-state index is 12.6. The Balaban J connectivity index is 1.75. The van der Waals surface area contributed by atoms with Crippen molar-refractivity contribution in [1.82, 2.24) is 4.90 Å². The van der Waals surface area contributed by atoms with Crippen LogP contribution in [0.3, 0.4) is 0 Å². The summed E-state index contributed by atoms with van der Waals surface area (Å²) in [7, 11) is 0. The lowest BCUT2D eigenvalue weighted by atomic mass is 10.00. The topological polar surface area (TPSA) is 37.4 Å². The van der Waals surface area contributed by atoms with Crippen molar-refractivity contribution in [3.63, 3.8) is 0 Å². The van der Waals surface area contributed by atoms with Gasteiger partial charge in [-0.15, -0.1) is 0 Å². The Morgan fingerprint density at radius 3 is 2.45 bits per heavy atom. The summed E-state index contributed by atoms with van der Waals surface area (Å²) in [4.78, 5) is 26.7. The van der Waals surface area contributed by atoms with Gasteiger partial charge in [0.25, 0.3) is 0 Å². The average molecular weight is 271 g/mol. The molecule has 0 N–H and O–H groups in total. The van der Waals surface area contributed by atoms with Gasteiger partial charge in [0.2, 0.25) is 5.91 Å². The predicted octanol–water partition coefficient (Wildman–Crippen LogP) is 2.83. The van der Waals surface area contributed by atoms with Crippen LogP contribution in [0.4, 0.5) is 0 Å². The zero-order valence-electron chi connectivity index (χ0n) is 12.0. The molecule has 1 saturated carbocycles. The van der Waals surface area contributed by atoms with Crippen LogP contribution in [0.1, 0.15) is 48.5 Å². The van der Waals surface area contributed by atoms with E-state index in [1.807, 2.05) is 29.2 Å². The molecule has 20 heavy (non-hydrogen) atoms. The van der Waals surface area contributed by atoms with Crippen LogP contribution >= 0.6 is 0 Å². The van der Waals surface area contributed by atoms with E-state index in [9.17, 15) is 9.59 Å². The van der Waals surface area contributed by atoms with Crippen molar-refractivity contribution in [1.29, 1.82) is 0 Å². The number of amides is 1. The van der Waals surface area contributed by atoms with Crippen LogP contribution in [-0.4, -0.2) is 29.2 Å². The maximum atomic E-state index is 12.6. The highest BCUT2D eigenvalue weighted by Gasteiger charge is 2.40. The van der Waals surface area contributed by atoms with E-state index in [-0.39, 0.29) is 23.7 Å². The van der Waals surface area contributed by atoms with E-state index in [1.165, 1.54) is 5.56 Å². The van der Waals surface area contributed by atoms with Crippen LogP contribution in [0, 0.1) is 5.92 Å². The van der Waals surface area contributed by atoms with Crippen LogP contribution in [0.2, 0.25) is 0 Å². The van der Waals surface area contributed by atoms with Crippen molar-refractivity contribution >= 4 is 11.7 Å². The summed E-state index contributed by atoms with van der Waals surface area (Å²) in [6.45, 7) is 2.85. The molecule has 1 heterocycles. The third-order valence-electron chi connectivity index (χ3n) is 4.41. The molecule has 1 amide bonds. The first-order valence-electron chi connectivity index (χ1n) is 7.64. The van der Waals surface area contributed by atoms with Crippen LogP contribution < -0.4 is 0 Å². The third-order valence-corrected chi connectivity index (χ3v) is 4.41. The van der Waals surface area contributed by atoms with Gasteiger partial charge in [0.05, 0.1) is 6.04 Å². The fraction of sp³-hybridized carbons (Fsp3) is 0.529. The Hall–Kier alpha value is -1.64. The molecule has 2 fully saturated rings. The molecule has 106 valence electrons. The van der Waals surface area contributed by atoms with Gasteiger partial charge in [-0.05, 0) is 37.7 Å². The van der Waals surface area contributed by atoms with Crippen LogP contribution in [0.5, 0.6) is 0 Å². The molecule has 1 aliphatic carbocycles. The molecule has 1 aliphatic heterocycles. The quantitative estimate of drug-likeness (QED) is 0.790. The van der Waals surface area contributed by atoms with Crippen molar-refractivity contribution in [2.75, 3.05) is 6.54 Å². The van der Waals surface area contributed by atoms with Gasteiger partial charge in [0, 0.05) is 18.0 Å². The number of nitrogens with zero attached hydrogens (tertiary/aromatic N) is 1. The highest BCUT2D eigenvalue weighted by molar-refractivity contribution is 6.02. The number of likely N-dealkylation sites (tertiary alicyclic amines) is 1. The Bertz CT molecular complexity index is 516. The lowest BCUT2D eigenvalue weighted by Gasteiger charge is -2.23. The molecule has 1 aromatic rings. The van der Waals surface area contributed by atoms with Gasteiger partial charge in [0.15, 0.2) is 5.78 Å². The number of carbonyl (C=O) groups excluding carboxylic acids is 2. The highest BCUT2D eigenvalue weighted by atomic mass is 16.2. The number of Topliss-reactive ketones (excluding diaryl/α,β-unsaturated/α-hetero) is 1. The minimum atomic E-state index is -0.226. The second kappa shape index (κ2) is 5.39. The summed E-state index contributed by atoms with van der Waals surface area (Å²) >= 11 is 0. The van der Waals surface area contributed by atoms with E-state index in [0.717, 1.165) is 44.2 Å². The summed E-state index contributed by atoms with van der Waals surface area (Å²) in [5, 5.41) is 0. The van der Waals surface area contributed by atoms with E-state index in [2.05, 4.69) is 6.92 Å². The Labute approximate surface area is 120 Å². The zero-order chi connectivity index (χ0) is 14.1. The molecule has 0 radical (unpaired) electrons. The normalized spacial score (nSPS) is 22.1. The van der Waals surface area contributed by atoms with E-state index in [4.69, 9.17) is 0 Å². The smallest absolute Gasteiger partial charge is 0.226 e. The van der Waals surface area contributed by atoms with Gasteiger partial charge in [-0.25, -0.2) is 0 Å². The molecule has 2 aliphatic rings. The van der Waals surface area contributed by atoms with Gasteiger partial charge in [0.1, 0.15) is 0 Å². The predicted molar refractivity (Wildman–Crippen MR) is 77.6 cm³/mol. The summed E-state index contributed by atoms with van der Waals surface area (Å²) in [6.07, 6.45) is 4.74. The van der Waals surface area contributed by atoms with E-state index >= 15 is 0 Å². The first kappa shape index (κ1) is 13.3. The minimum absolute atomic E-state index is 0.110. The van der Waals surface area contributed by atoms with Gasteiger partial charge in [-0.2, -0.15) is 0 Å². The fourth-order valence-corrected chi connectivity index (χ4v) is 2.96. The minimum Gasteiger partial charge on any atom is -0.332 e. The summed E-state index contributed by atoms with van der Waals surface area (Å²) in [5.41, 5.74) is 1.97. The molecule has 3 heteroatoms.